The molecule has 31 heavy (non-hydrogen) atoms. The molecule has 0 aliphatic heterocycles. The van der Waals surface area contributed by atoms with Crippen LogP contribution in [0.1, 0.15) is 42.7 Å². The van der Waals surface area contributed by atoms with Crippen molar-refractivity contribution in [2.45, 2.75) is 31.7 Å². The fourth-order valence-electron chi connectivity index (χ4n) is 3.41. The monoisotopic (exact) mass is 444 g/mol. The average molecular weight is 445 g/mol. The Morgan fingerprint density at radius 1 is 1.16 bits per heavy atom. The topological polar surface area (TPSA) is 125 Å². The molecule has 0 aliphatic carbocycles. The zero-order valence-electron chi connectivity index (χ0n) is 17.5. The molecule has 0 aliphatic rings. The lowest BCUT2D eigenvalue weighted by Gasteiger charge is -2.19. The van der Waals surface area contributed by atoms with Gasteiger partial charge >= 0.3 is 0 Å². The predicted molar refractivity (Wildman–Crippen MR) is 117 cm³/mol. The Hall–Kier alpha value is -3.24. The Labute approximate surface area is 180 Å². The van der Waals surface area contributed by atoms with E-state index in [1.165, 1.54) is 34.8 Å². The maximum atomic E-state index is 12.8. The fourth-order valence-corrected chi connectivity index (χ4v) is 4.87. The van der Waals surface area contributed by atoms with Gasteiger partial charge in [0.05, 0.1) is 21.4 Å². The smallest absolute Gasteiger partial charge is 0.270 e. The summed E-state index contributed by atoms with van der Waals surface area (Å²) in [5, 5.41) is 14.4. The Morgan fingerprint density at radius 2 is 1.81 bits per heavy atom. The van der Waals surface area contributed by atoms with Gasteiger partial charge in [-0.15, -0.1) is 0 Å². The van der Waals surface area contributed by atoms with Gasteiger partial charge in [0.2, 0.25) is 10.0 Å². The van der Waals surface area contributed by atoms with Crippen LogP contribution in [0.2, 0.25) is 0 Å². The molecule has 0 saturated heterocycles. The molecule has 2 aromatic carbocycles. The number of rotatable bonds is 8. The maximum Gasteiger partial charge on any atom is 0.270 e. The molecular weight excluding hydrogens is 420 g/mol. The van der Waals surface area contributed by atoms with Crippen molar-refractivity contribution in [1.82, 2.24) is 14.6 Å². The van der Waals surface area contributed by atoms with Gasteiger partial charge in [0.15, 0.2) is 0 Å². The molecule has 3 rings (SSSR count). The molecule has 10 heteroatoms. The molecule has 0 radical (unpaired) electrons. The summed E-state index contributed by atoms with van der Waals surface area (Å²) in [6.45, 7) is 6.12. The van der Waals surface area contributed by atoms with Crippen LogP contribution in [0, 0.1) is 10.1 Å². The molecule has 164 valence electrons. The first-order valence-corrected chi connectivity index (χ1v) is 11.3. The van der Waals surface area contributed by atoms with E-state index in [4.69, 9.17) is 0 Å². The van der Waals surface area contributed by atoms with Crippen LogP contribution in [0.15, 0.2) is 53.6 Å². The molecular formula is C21H24N4O5S. The second-order valence-corrected chi connectivity index (χ2v) is 8.98. The van der Waals surface area contributed by atoms with Crippen LogP contribution < -0.4 is 5.32 Å². The number of carbonyl (C=O) groups is 1. The van der Waals surface area contributed by atoms with Gasteiger partial charge < -0.3 is 10.3 Å². The number of hydrogen-bond donors (Lipinski definition) is 2. The first-order valence-electron chi connectivity index (χ1n) is 9.85. The summed E-state index contributed by atoms with van der Waals surface area (Å²) in [6.07, 6.45) is 1.51. The van der Waals surface area contributed by atoms with E-state index < -0.39 is 21.0 Å². The lowest BCUT2D eigenvalue weighted by Crippen LogP contribution is -2.30. The zero-order chi connectivity index (χ0) is 22.8. The number of non-ortho nitro benzene ring substituents is 1. The number of aromatic nitrogens is 1. The summed E-state index contributed by atoms with van der Waals surface area (Å²) in [5.41, 5.74) is 1.55. The third kappa shape index (κ3) is 4.44. The van der Waals surface area contributed by atoms with E-state index >= 15 is 0 Å². The van der Waals surface area contributed by atoms with E-state index in [2.05, 4.69) is 10.3 Å². The van der Waals surface area contributed by atoms with E-state index in [0.29, 0.717) is 29.6 Å². The van der Waals surface area contributed by atoms with Gasteiger partial charge in [0, 0.05) is 42.3 Å². The van der Waals surface area contributed by atoms with E-state index in [-0.39, 0.29) is 16.5 Å². The summed E-state index contributed by atoms with van der Waals surface area (Å²) < 4.78 is 26.6. The standard InChI is InChI=1S/C21H24N4O5S/c1-4-24(5-2)31(29,30)17-9-6-15(7-10-17)14(3)23-21(26)19-13-22-20-11-8-16(25(27)28)12-18(19)20/h6-14,22H,4-5H2,1-3H3,(H,23,26)/t14-/m1/s1. The van der Waals surface area contributed by atoms with Gasteiger partial charge in [-0.1, -0.05) is 26.0 Å². The molecule has 0 spiro atoms. The number of nitrogens with one attached hydrogen (secondary N) is 2. The number of carbonyl (C=O) groups excluding carboxylic acids is 1. The summed E-state index contributed by atoms with van der Waals surface area (Å²) in [5.74, 6) is -0.390. The van der Waals surface area contributed by atoms with Crippen molar-refractivity contribution in [3.8, 4) is 0 Å². The van der Waals surface area contributed by atoms with Crippen molar-refractivity contribution in [1.29, 1.82) is 0 Å². The Kier molecular flexibility index (Phi) is 6.42. The van der Waals surface area contributed by atoms with Crippen molar-refractivity contribution >= 4 is 32.5 Å². The third-order valence-corrected chi connectivity index (χ3v) is 7.26. The molecule has 1 atom stereocenters. The normalized spacial score (nSPS) is 12.8. The summed E-state index contributed by atoms with van der Waals surface area (Å²) in [4.78, 5) is 26.4. The number of H-pyrrole nitrogens is 1. The highest BCUT2D eigenvalue weighted by atomic mass is 32.2. The number of nitrogens with zero attached hydrogens (tertiary/aromatic N) is 2. The van der Waals surface area contributed by atoms with Crippen molar-refractivity contribution < 1.29 is 18.1 Å². The molecule has 0 unspecified atom stereocenters. The first-order chi connectivity index (χ1) is 14.7. The van der Waals surface area contributed by atoms with Crippen LogP contribution in [0.5, 0.6) is 0 Å². The molecule has 0 fully saturated rings. The minimum absolute atomic E-state index is 0.0980. The summed E-state index contributed by atoms with van der Waals surface area (Å²) >= 11 is 0. The largest absolute Gasteiger partial charge is 0.360 e. The number of amides is 1. The molecule has 1 heterocycles. The Bertz CT molecular complexity index is 1210. The van der Waals surface area contributed by atoms with Crippen LogP contribution in [0.4, 0.5) is 5.69 Å². The predicted octanol–water partition coefficient (Wildman–Crippen LogP) is 3.60. The molecule has 1 aromatic heterocycles. The minimum Gasteiger partial charge on any atom is -0.360 e. The van der Waals surface area contributed by atoms with Crippen molar-refractivity contribution in [2.24, 2.45) is 0 Å². The molecule has 0 bridgehead atoms. The van der Waals surface area contributed by atoms with Gasteiger partial charge in [-0.3, -0.25) is 14.9 Å². The van der Waals surface area contributed by atoms with Crippen molar-refractivity contribution in [3.63, 3.8) is 0 Å². The van der Waals surface area contributed by atoms with Crippen LogP contribution in [0.25, 0.3) is 10.9 Å². The first kappa shape index (κ1) is 22.4. The zero-order valence-corrected chi connectivity index (χ0v) is 18.3. The number of fused-ring (bicyclic) bond motifs is 1. The molecule has 3 aromatic rings. The second-order valence-electron chi connectivity index (χ2n) is 7.04. The minimum atomic E-state index is -3.55. The van der Waals surface area contributed by atoms with E-state index in [1.807, 2.05) is 0 Å². The molecule has 9 nitrogen and oxygen atoms in total. The van der Waals surface area contributed by atoms with E-state index in [0.717, 1.165) is 5.56 Å². The van der Waals surface area contributed by atoms with Gasteiger partial charge in [0.1, 0.15) is 0 Å². The lowest BCUT2D eigenvalue weighted by atomic mass is 10.1. The summed E-state index contributed by atoms with van der Waals surface area (Å²) in [7, 11) is -3.55. The number of sulfonamides is 1. The van der Waals surface area contributed by atoms with Gasteiger partial charge in [0.25, 0.3) is 11.6 Å². The van der Waals surface area contributed by atoms with E-state index in [1.54, 1.807) is 39.0 Å². The molecule has 1 amide bonds. The van der Waals surface area contributed by atoms with Crippen molar-refractivity contribution in [3.05, 3.63) is 69.9 Å². The summed E-state index contributed by atoms with van der Waals surface area (Å²) in [6, 6.07) is 10.3. The van der Waals surface area contributed by atoms with Gasteiger partial charge in [-0.25, -0.2) is 8.42 Å². The van der Waals surface area contributed by atoms with E-state index in [9.17, 15) is 23.3 Å². The molecule has 2 N–H and O–H groups in total. The average Bonchev–Trinajstić information content (AvgIpc) is 3.17. The number of nitro benzene ring substituents is 1. The molecule has 0 saturated carbocycles. The SMILES string of the molecule is CCN(CC)S(=O)(=O)c1ccc([C@@H](C)NC(=O)c2c[nH]c3ccc([N+](=O)[O-])cc23)cc1. The van der Waals surface area contributed by atoms with Crippen LogP contribution in [0.3, 0.4) is 0 Å². The second kappa shape index (κ2) is 8.86. The van der Waals surface area contributed by atoms with Crippen LogP contribution in [-0.4, -0.2) is 41.6 Å². The maximum absolute atomic E-state index is 12.8. The highest BCUT2D eigenvalue weighted by Gasteiger charge is 2.22. The number of benzene rings is 2. The number of hydrogen-bond acceptors (Lipinski definition) is 5. The highest BCUT2D eigenvalue weighted by Crippen LogP contribution is 2.25. The van der Waals surface area contributed by atoms with Crippen molar-refractivity contribution in [2.75, 3.05) is 13.1 Å². The highest BCUT2D eigenvalue weighted by molar-refractivity contribution is 7.89. The Morgan fingerprint density at radius 3 is 2.39 bits per heavy atom. The van der Waals surface area contributed by atoms with Crippen LogP contribution >= 0.6 is 0 Å². The van der Waals surface area contributed by atoms with Crippen LogP contribution in [-0.2, 0) is 10.0 Å². The lowest BCUT2D eigenvalue weighted by molar-refractivity contribution is -0.384. The third-order valence-electron chi connectivity index (χ3n) is 5.19. The van der Waals surface area contributed by atoms with Gasteiger partial charge in [-0.2, -0.15) is 4.31 Å². The Balaban J connectivity index is 1.80. The number of nitro groups is 1. The van der Waals surface area contributed by atoms with Gasteiger partial charge in [-0.05, 0) is 30.7 Å². The fraction of sp³-hybridized carbons (Fsp3) is 0.286. The quantitative estimate of drug-likeness (QED) is 0.406. The number of aromatic amines is 1.